The lowest BCUT2D eigenvalue weighted by atomic mass is 10.3. The summed E-state index contributed by atoms with van der Waals surface area (Å²) < 4.78 is 1.49. The molecule has 0 amide bonds. The van der Waals surface area contributed by atoms with Gasteiger partial charge in [0.1, 0.15) is 5.52 Å². The summed E-state index contributed by atoms with van der Waals surface area (Å²) in [5.74, 6) is 5.37. The largest absolute Gasteiger partial charge is 0.323 e. The molecule has 0 saturated heterocycles. The van der Waals surface area contributed by atoms with E-state index in [1.807, 2.05) is 13.8 Å². The van der Waals surface area contributed by atoms with Gasteiger partial charge in [-0.25, -0.2) is 0 Å². The molecular weight excluding hydrogens is 180 g/mol. The Bertz CT molecular complexity index is 483. The second-order valence-electron chi connectivity index (χ2n) is 2.64. The van der Waals surface area contributed by atoms with Crippen LogP contribution in [-0.4, -0.2) is 14.5 Å². The lowest BCUT2D eigenvalue weighted by molar-refractivity contribution is 0.846. The summed E-state index contributed by atoms with van der Waals surface area (Å²) in [4.78, 5) is 12.5. The quantitative estimate of drug-likeness (QED) is 0.620. The van der Waals surface area contributed by atoms with Gasteiger partial charge in [0, 0.05) is 13.2 Å². The predicted octanol–water partition coefficient (Wildman–Crippen LogP) is 0.475. The Balaban J connectivity index is 0.000000461. The maximum absolute atomic E-state index is 11.4. The molecule has 0 aliphatic rings. The monoisotopic (exact) mass is 194 g/mol. The van der Waals surface area contributed by atoms with E-state index in [4.69, 9.17) is 5.84 Å². The van der Waals surface area contributed by atoms with E-state index in [9.17, 15) is 4.79 Å². The molecule has 0 bridgehead atoms. The van der Waals surface area contributed by atoms with Gasteiger partial charge in [0.05, 0.1) is 11.6 Å². The number of pyridine rings is 1. The molecule has 14 heavy (non-hydrogen) atoms. The van der Waals surface area contributed by atoms with Gasteiger partial charge in [0.25, 0.3) is 5.56 Å². The Kier molecular flexibility index (Phi) is 2.91. The topological polar surface area (TPSA) is 65.8 Å². The number of nitrogen functional groups attached to an aromatic ring is 1. The zero-order valence-corrected chi connectivity index (χ0v) is 8.56. The number of aryl methyl sites for hydroxylation is 1. The minimum atomic E-state index is -0.0794. The van der Waals surface area contributed by atoms with Crippen LogP contribution in [0.25, 0.3) is 10.9 Å². The normalized spacial score (nSPS) is 9.64. The summed E-state index contributed by atoms with van der Waals surface area (Å²) in [5.41, 5.74) is 0.546. The molecule has 5 heteroatoms. The highest BCUT2D eigenvalue weighted by atomic mass is 16.1. The van der Waals surface area contributed by atoms with E-state index in [0.717, 1.165) is 4.79 Å². The molecule has 0 spiro atoms. The number of hydrogen-bond acceptors (Lipinski definition) is 3. The first-order valence-electron chi connectivity index (χ1n) is 4.48. The number of rotatable bonds is 0. The summed E-state index contributed by atoms with van der Waals surface area (Å²) in [5, 5.41) is 4.44. The van der Waals surface area contributed by atoms with Gasteiger partial charge in [-0.2, -0.15) is 9.89 Å². The summed E-state index contributed by atoms with van der Waals surface area (Å²) in [7, 11) is 1.69. The van der Waals surface area contributed by atoms with Crippen LogP contribution in [0.15, 0.2) is 23.3 Å². The van der Waals surface area contributed by atoms with Gasteiger partial charge in [0.15, 0.2) is 0 Å². The van der Waals surface area contributed by atoms with Gasteiger partial charge in [-0.3, -0.25) is 4.79 Å². The van der Waals surface area contributed by atoms with Gasteiger partial charge in [-0.05, 0) is 6.07 Å². The lowest BCUT2D eigenvalue weighted by Gasteiger charge is -1.92. The van der Waals surface area contributed by atoms with Crippen LogP contribution in [0, 0.1) is 0 Å². The van der Waals surface area contributed by atoms with Gasteiger partial charge < -0.3 is 10.4 Å². The van der Waals surface area contributed by atoms with E-state index in [1.165, 1.54) is 10.8 Å². The summed E-state index contributed by atoms with van der Waals surface area (Å²) in [6, 6.07) is 1.75. The van der Waals surface area contributed by atoms with Gasteiger partial charge in [0.2, 0.25) is 0 Å². The average molecular weight is 194 g/mol. The Morgan fingerprint density at radius 1 is 1.43 bits per heavy atom. The lowest BCUT2D eigenvalue weighted by Crippen LogP contribution is -2.14. The van der Waals surface area contributed by atoms with Crippen molar-refractivity contribution in [2.45, 2.75) is 13.8 Å². The standard InChI is InChI=1S/C7H8N4O.C2H6/c1-10-3-2-6-5(7(10)12)4-11(8)9-6;1-2/h2-4H,8H2,1H3;1-2H3. The van der Waals surface area contributed by atoms with Crippen LogP contribution in [-0.2, 0) is 7.05 Å². The molecule has 0 radical (unpaired) electrons. The minimum absolute atomic E-state index is 0.0794. The zero-order valence-electron chi connectivity index (χ0n) is 8.56. The van der Waals surface area contributed by atoms with E-state index in [-0.39, 0.29) is 5.56 Å². The van der Waals surface area contributed by atoms with Crippen molar-refractivity contribution in [1.29, 1.82) is 0 Å². The number of nitrogens with two attached hydrogens (primary N) is 1. The third-order valence-corrected chi connectivity index (χ3v) is 1.77. The highest BCUT2D eigenvalue weighted by Gasteiger charge is 2.02. The molecule has 2 N–H and O–H groups in total. The molecule has 2 rings (SSSR count). The molecule has 0 atom stereocenters. The Hall–Kier alpha value is -1.78. The van der Waals surface area contributed by atoms with Crippen LogP contribution in [0.5, 0.6) is 0 Å². The maximum atomic E-state index is 11.4. The van der Waals surface area contributed by atoms with E-state index in [1.54, 1.807) is 19.3 Å². The van der Waals surface area contributed by atoms with E-state index in [2.05, 4.69) is 5.10 Å². The number of fused-ring (bicyclic) bond motifs is 1. The van der Waals surface area contributed by atoms with Crippen molar-refractivity contribution in [3.63, 3.8) is 0 Å². The van der Waals surface area contributed by atoms with Crippen molar-refractivity contribution >= 4 is 10.9 Å². The maximum Gasteiger partial charge on any atom is 0.261 e. The smallest absolute Gasteiger partial charge is 0.261 e. The molecule has 0 unspecified atom stereocenters. The number of nitrogens with zero attached hydrogens (tertiary/aromatic N) is 3. The van der Waals surface area contributed by atoms with Crippen LogP contribution in [0.4, 0.5) is 0 Å². The zero-order chi connectivity index (χ0) is 10.7. The Morgan fingerprint density at radius 3 is 2.71 bits per heavy atom. The SMILES string of the molecule is CC.Cn1ccc2nn(N)cc2c1=O. The van der Waals surface area contributed by atoms with E-state index < -0.39 is 0 Å². The van der Waals surface area contributed by atoms with Crippen molar-refractivity contribution in [3.05, 3.63) is 28.8 Å². The highest BCUT2D eigenvalue weighted by molar-refractivity contribution is 5.76. The fourth-order valence-electron chi connectivity index (χ4n) is 1.13. The third kappa shape index (κ3) is 1.61. The molecular formula is C9H14N4O. The Labute approximate surface area is 81.7 Å². The van der Waals surface area contributed by atoms with Crippen molar-refractivity contribution in [1.82, 2.24) is 14.5 Å². The summed E-state index contributed by atoms with van der Waals surface area (Å²) >= 11 is 0. The molecule has 0 aromatic carbocycles. The van der Waals surface area contributed by atoms with Crippen LogP contribution in [0.1, 0.15) is 13.8 Å². The second kappa shape index (κ2) is 3.95. The summed E-state index contributed by atoms with van der Waals surface area (Å²) in [6.07, 6.45) is 3.18. The highest BCUT2D eigenvalue weighted by Crippen LogP contribution is 2.03. The van der Waals surface area contributed by atoms with Gasteiger partial charge >= 0.3 is 0 Å². The first-order chi connectivity index (χ1) is 6.68. The summed E-state index contributed by atoms with van der Waals surface area (Å²) in [6.45, 7) is 4.00. The molecule has 5 nitrogen and oxygen atoms in total. The average Bonchev–Trinajstić information content (AvgIpc) is 2.57. The molecule has 0 aliphatic heterocycles. The van der Waals surface area contributed by atoms with Gasteiger partial charge in [-0.15, -0.1) is 0 Å². The molecule has 2 aromatic rings. The van der Waals surface area contributed by atoms with Crippen LogP contribution in [0.2, 0.25) is 0 Å². The predicted molar refractivity (Wildman–Crippen MR) is 56.5 cm³/mol. The minimum Gasteiger partial charge on any atom is -0.323 e. The fourth-order valence-corrected chi connectivity index (χ4v) is 1.13. The van der Waals surface area contributed by atoms with Crippen LogP contribution >= 0.6 is 0 Å². The van der Waals surface area contributed by atoms with Crippen molar-refractivity contribution < 1.29 is 0 Å². The van der Waals surface area contributed by atoms with Crippen molar-refractivity contribution in [2.24, 2.45) is 7.05 Å². The first-order valence-corrected chi connectivity index (χ1v) is 4.48. The van der Waals surface area contributed by atoms with Crippen molar-refractivity contribution in [2.75, 3.05) is 5.84 Å². The fraction of sp³-hybridized carbons (Fsp3) is 0.333. The van der Waals surface area contributed by atoms with Gasteiger partial charge in [-0.1, -0.05) is 13.8 Å². The molecule has 76 valence electrons. The van der Waals surface area contributed by atoms with Crippen LogP contribution in [0.3, 0.4) is 0 Å². The van der Waals surface area contributed by atoms with Crippen molar-refractivity contribution in [3.8, 4) is 0 Å². The molecule has 0 aliphatic carbocycles. The number of aromatic nitrogens is 3. The van der Waals surface area contributed by atoms with Crippen LogP contribution < -0.4 is 11.4 Å². The Morgan fingerprint density at radius 2 is 2.07 bits per heavy atom. The molecule has 0 saturated carbocycles. The molecule has 2 aromatic heterocycles. The van der Waals surface area contributed by atoms with E-state index in [0.29, 0.717) is 10.9 Å². The molecule has 2 heterocycles. The van der Waals surface area contributed by atoms with E-state index >= 15 is 0 Å². The molecule has 0 fully saturated rings. The second-order valence-corrected chi connectivity index (χ2v) is 2.64. The number of hydrogen-bond donors (Lipinski definition) is 1. The third-order valence-electron chi connectivity index (χ3n) is 1.77. The first kappa shape index (κ1) is 10.3.